The monoisotopic (exact) mass is 328 g/mol. The third-order valence-electron chi connectivity index (χ3n) is 1.73. The molecule has 16 heavy (non-hydrogen) atoms. The number of hydrogen-bond donors (Lipinski definition) is 2. The van der Waals surface area contributed by atoms with Crippen molar-refractivity contribution in [2.24, 2.45) is 0 Å². The summed E-state index contributed by atoms with van der Waals surface area (Å²) < 4.78 is 6.32. The lowest BCUT2D eigenvalue weighted by Gasteiger charge is -2.10. The van der Waals surface area contributed by atoms with Crippen molar-refractivity contribution in [2.75, 3.05) is 13.2 Å². The summed E-state index contributed by atoms with van der Waals surface area (Å²) in [6, 6.07) is 1.63. The SMILES string of the molecule is O=C(O)C(OCCCO)c1cc(Br)c(Cl)s1. The van der Waals surface area contributed by atoms with E-state index in [-0.39, 0.29) is 13.2 Å². The number of halogens is 2. The third kappa shape index (κ3) is 3.71. The minimum atomic E-state index is -1.07. The zero-order chi connectivity index (χ0) is 12.1. The van der Waals surface area contributed by atoms with Crippen LogP contribution >= 0.6 is 38.9 Å². The summed E-state index contributed by atoms with van der Waals surface area (Å²) in [6.07, 6.45) is -0.621. The molecule has 0 spiro atoms. The standard InChI is InChI=1S/C9H10BrClO4S/c10-5-4-6(16-8(5)11)7(9(13)14)15-3-1-2-12/h4,7,12H,1-3H2,(H,13,14). The number of rotatable bonds is 6. The van der Waals surface area contributed by atoms with Crippen LogP contribution in [0, 0.1) is 0 Å². The Morgan fingerprint density at radius 3 is 2.81 bits per heavy atom. The Hall–Kier alpha value is -0.140. The summed E-state index contributed by atoms with van der Waals surface area (Å²) in [5, 5.41) is 17.6. The Labute approximate surface area is 110 Å². The number of carboxylic acid groups (broad SMARTS) is 1. The molecule has 1 aromatic rings. The molecule has 1 atom stereocenters. The Balaban J connectivity index is 2.73. The second-order valence-electron chi connectivity index (χ2n) is 2.94. The quantitative estimate of drug-likeness (QED) is 0.788. The molecule has 0 aliphatic carbocycles. The number of hydrogen-bond acceptors (Lipinski definition) is 4. The smallest absolute Gasteiger partial charge is 0.338 e. The maximum absolute atomic E-state index is 11.0. The van der Waals surface area contributed by atoms with Crippen LogP contribution < -0.4 is 0 Å². The molecular formula is C9H10BrClO4S. The van der Waals surface area contributed by atoms with Gasteiger partial charge in [0.25, 0.3) is 0 Å². The van der Waals surface area contributed by atoms with Crippen LogP contribution in [0.2, 0.25) is 4.34 Å². The molecule has 0 saturated heterocycles. The molecule has 0 radical (unpaired) electrons. The Morgan fingerprint density at radius 1 is 1.69 bits per heavy atom. The Bertz CT molecular complexity index is 349. The molecule has 4 nitrogen and oxygen atoms in total. The number of aliphatic hydroxyl groups excluding tert-OH is 1. The summed E-state index contributed by atoms with van der Waals surface area (Å²) in [4.78, 5) is 11.5. The van der Waals surface area contributed by atoms with Crippen LogP contribution in [0.5, 0.6) is 0 Å². The van der Waals surface area contributed by atoms with Gasteiger partial charge in [-0.25, -0.2) is 4.79 Å². The van der Waals surface area contributed by atoms with Gasteiger partial charge >= 0.3 is 5.97 Å². The Morgan fingerprint density at radius 2 is 2.38 bits per heavy atom. The van der Waals surface area contributed by atoms with Crippen molar-refractivity contribution in [2.45, 2.75) is 12.5 Å². The van der Waals surface area contributed by atoms with E-state index < -0.39 is 12.1 Å². The van der Waals surface area contributed by atoms with E-state index in [1.165, 1.54) is 0 Å². The fraction of sp³-hybridized carbons (Fsp3) is 0.444. The second kappa shape index (κ2) is 6.56. The molecule has 0 bridgehead atoms. The zero-order valence-corrected chi connectivity index (χ0v) is 11.3. The van der Waals surface area contributed by atoms with Crippen LogP contribution in [0.25, 0.3) is 0 Å². The molecule has 90 valence electrons. The predicted octanol–water partition coefficient (Wildman–Crippen LogP) is 2.69. The largest absolute Gasteiger partial charge is 0.479 e. The van der Waals surface area contributed by atoms with Gasteiger partial charge in [-0.05, 0) is 28.4 Å². The van der Waals surface area contributed by atoms with E-state index in [0.29, 0.717) is 20.1 Å². The summed E-state index contributed by atoms with van der Waals surface area (Å²) >= 11 is 10.2. The zero-order valence-electron chi connectivity index (χ0n) is 8.15. The number of carboxylic acids is 1. The molecule has 0 aliphatic heterocycles. The van der Waals surface area contributed by atoms with Gasteiger partial charge in [0.15, 0.2) is 6.10 Å². The highest BCUT2D eigenvalue weighted by molar-refractivity contribution is 9.10. The summed E-state index contributed by atoms with van der Waals surface area (Å²) in [5.41, 5.74) is 0. The van der Waals surface area contributed by atoms with Crippen LogP contribution in [0.4, 0.5) is 0 Å². The fourth-order valence-corrected chi connectivity index (χ4v) is 2.81. The average molecular weight is 330 g/mol. The molecule has 0 aromatic carbocycles. The van der Waals surface area contributed by atoms with E-state index in [9.17, 15) is 4.79 Å². The molecule has 7 heteroatoms. The lowest BCUT2D eigenvalue weighted by atomic mass is 10.3. The van der Waals surface area contributed by atoms with E-state index in [4.69, 9.17) is 26.6 Å². The first-order valence-electron chi connectivity index (χ1n) is 4.46. The van der Waals surface area contributed by atoms with Crippen molar-refractivity contribution in [3.05, 3.63) is 19.8 Å². The van der Waals surface area contributed by atoms with Crippen molar-refractivity contribution < 1.29 is 19.7 Å². The lowest BCUT2D eigenvalue weighted by Crippen LogP contribution is -2.15. The van der Waals surface area contributed by atoms with Gasteiger partial charge in [0.1, 0.15) is 4.34 Å². The molecule has 0 amide bonds. The van der Waals surface area contributed by atoms with Crippen LogP contribution in [0.3, 0.4) is 0 Å². The Kier molecular flexibility index (Phi) is 5.71. The highest BCUT2D eigenvalue weighted by Crippen LogP contribution is 2.36. The molecule has 0 aliphatic rings. The maximum atomic E-state index is 11.0. The van der Waals surface area contributed by atoms with E-state index in [0.717, 1.165) is 11.3 Å². The summed E-state index contributed by atoms with van der Waals surface area (Å²) in [5.74, 6) is -1.07. The van der Waals surface area contributed by atoms with Crippen molar-refractivity contribution in [1.29, 1.82) is 0 Å². The maximum Gasteiger partial charge on any atom is 0.338 e. The van der Waals surface area contributed by atoms with Gasteiger partial charge in [-0.2, -0.15) is 0 Å². The van der Waals surface area contributed by atoms with E-state index in [2.05, 4.69) is 15.9 Å². The second-order valence-corrected chi connectivity index (χ2v) is 5.48. The molecular weight excluding hydrogens is 320 g/mol. The van der Waals surface area contributed by atoms with E-state index in [1.807, 2.05) is 0 Å². The van der Waals surface area contributed by atoms with Crippen molar-refractivity contribution in [1.82, 2.24) is 0 Å². The number of aliphatic hydroxyl groups is 1. The number of thiophene rings is 1. The highest BCUT2D eigenvalue weighted by atomic mass is 79.9. The van der Waals surface area contributed by atoms with Gasteiger partial charge in [0, 0.05) is 16.0 Å². The molecule has 0 saturated carbocycles. The molecule has 1 unspecified atom stereocenters. The minimum absolute atomic E-state index is 0.0266. The first-order chi connectivity index (χ1) is 7.56. The molecule has 0 fully saturated rings. The normalized spacial score (nSPS) is 12.7. The first-order valence-corrected chi connectivity index (χ1v) is 6.45. The molecule has 1 rings (SSSR count). The van der Waals surface area contributed by atoms with Gasteiger partial charge in [-0.15, -0.1) is 11.3 Å². The third-order valence-corrected chi connectivity index (χ3v) is 4.25. The van der Waals surface area contributed by atoms with E-state index in [1.54, 1.807) is 6.07 Å². The topological polar surface area (TPSA) is 66.8 Å². The lowest BCUT2D eigenvalue weighted by molar-refractivity contribution is -0.150. The predicted molar refractivity (Wildman–Crippen MR) is 65.1 cm³/mol. The first kappa shape index (κ1) is 13.9. The van der Waals surface area contributed by atoms with Gasteiger partial charge in [0.2, 0.25) is 0 Å². The van der Waals surface area contributed by atoms with Crippen molar-refractivity contribution >= 4 is 44.8 Å². The molecule has 2 N–H and O–H groups in total. The number of ether oxygens (including phenoxy) is 1. The fourth-order valence-electron chi connectivity index (χ4n) is 1.03. The van der Waals surface area contributed by atoms with Crippen molar-refractivity contribution in [3.8, 4) is 0 Å². The van der Waals surface area contributed by atoms with E-state index >= 15 is 0 Å². The van der Waals surface area contributed by atoms with Crippen LogP contribution in [0.15, 0.2) is 10.5 Å². The average Bonchev–Trinajstić information content (AvgIpc) is 2.53. The van der Waals surface area contributed by atoms with Gasteiger partial charge in [0.05, 0.1) is 6.61 Å². The minimum Gasteiger partial charge on any atom is -0.479 e. The number of aliphatic carboxylic acids is 1. The summed E-state index contributed by atoms with van der Waals surface area (Å²) in [7, 11) is 0. The molecule has 1 heterocycles. The van der Waals surface area contributed by atoms with Crippen LogP contribution in [-0.2, 0) is 9.53 Å². The summed E-state index contributed by atoms with van der Waals surface area (Å²) in [6.45, 7) is 0.168. The molecule has 1 aromatic heterocycles. The van der Waals surface area contributed by atoms with Crippen molar-refractivity contribution in [3.63, 3.8) is 0 Å². The van der Waals surface area contributed by atoms with Crippen LogP contribution in [-0.4, -0.2) is 29.4 Å². The van der Waals surface area contributed by atoms with Gasteiger partial charge in [-0.1, -0.05) is 11.6 Å². The number of carbonyl (C=O) groups is 1. The highest BCUT2D eigenvalue weighted by Gasteiger charge is 2.23. The van der Waals surface area contributed by atoms with Gasteiger partial charge < -0.3 is 14.9 Å². The van der Waals surface area contributed by atoms with Gasteiger partial charge in [-0.3, -0.25) is 0 Å². The van der Waals surface area contributed by atoms with Crippen LogP contribution in [0.1, 0.15) is 17.4 Å².